The first-order valence-electron chi connectivity index (χ1n) is 11.3. The number of rotatable bonds is 5. The van der Waals surface area contributed by atoms with Gasteiger partial charge in [0.15, 0.2) is 0 Å². The van der Waals surface area contributed by atoms with Crippen LogP contribution in [0.25, 0.3) is 0 Å². The molecule has 0 amide bonds. The van der Waals surface area contributed by atoms with Gasteiger partial charge in [0.1, 0.15) is 22.3 Å². The van der Waals surface area contributed by atoms with Crippen LogP contribution in [0.3, 0.4) is 0 Å². The molecule has 1 N–H and O–H groups in total. The van der Waals surface area contributed by atoms with Crippen molar-refractivity contribution in [3.05, 3.63) is 70.8 Å². The minimum absolute atomic E-state index is 0.0985. The van der Waals surface area contributed by atoms with Crippen LogP contribution in [0.5, 0.6) is 0 Å². The SMILES string of the molecule is COC(=O)C1(c2cc(F)c(CN3[C@@H](C)CC[C@H](c4ccccc4)S3(=O)=O)cc2F)CC(C)(O)C1. The van der Waals surface area contributed by atoms with Crippen molar-refractivity contribution in [2.24, 2.45) is 0 Å². The van der Waals surface area contributed by atoms with Crippen LogP contribution >= 0.6 is 0 Å². The topological polar surface area (TPSA) is 83.9 Å². The smallest absolute Gasteiger partial charge is 0.316 e. The molecule has 4 rings (SSSR count). The molecule has 0 aromatic heterocycles. The van der Waals surface area contributed by atoms with E-state index < -0.39 is 43.9 Å². The van der Waals surface area contributed by atoms with Gasteiger partial charge in [0.2, 0.25) is 10.0 Å². The summed E-state index contributed by atoms with van der Waals surface area (Å²) in [6.07, 6.45) is 0.834. The summed E-state index contributed by atoms with van der Waals surface area (Å²) < 4.78 is 63.4. The maximum atomic E-state index is 15.3. The minimum Gasteiger partial charge on any atom is -0.468 e. The van der Waals surface area contributed by atoms with Crippen molar-refractivity contribution in [3.63, 3.8) is 0 Å². The maximum Gasteiger partial charge on any atom is 0.316 e. The quantitative estimate of drug-likeness (QED) is 0.637. The number of aliphatic hydroxyl groups is 1. The molecule has 2 fully saturated rings. The second-order valence-corrected chi connectivity index (χ2v) is 11.8. The van der Waals surface area contributed by atoms with Gasteiger partial charge < -0.3 is 9.84 Å². The maximum absolute atomic E-state index is 15.3. The van der Waals surface area contributed by atoms with Crippen LogP contribution in [0.4, 0.5) is 8.78 Å². The van der Waals surface area contributed by atoms with Crippen LogP contribution in [0.2, 0.25) is 0 Å². The number of esters is 1. The first kappa shape index (κ1) is 24.8. The molecule has 9 heteroatoms. The fourth-order valence-corrected chi connectivity index (χ4v) is 7.67. The third kappa shape index (κ3) is 4.14. The third-order valence-electron chi connectivity index (χ3n) is 7.12. The van der Waals surface area contributed by atoms with Gasteiger partial charge in [-0.2, -0.15) is 4.31 Å². The van der Waals surface area contributed by atoms with Crippen LogP contribution < -0.4 is 0 Å². The van der Waals surface area contributed by atoms with Gasteiger partial charge in [0.25, 0.3) is 0 Å². The van der Waals surface area contributed by atoms with Crippen molar-refractivity contribution in [2.45, 2.75) is 68.4 Å². The number of benzene rings is 2. The van der Waals surface area contributed by atoms with Crippen LogP contribution in [0.1, 0.15) is 61.5 Å². The lowest BCUT2D eigenvalue weighted by Crippen LogP contribution is -2.58. The summed E-state index contributed by atoms with van der Waals surface area (Å²) in [5.41, 5.74) is -2.32. The van der Waals surface area contributed by atoms with E-state index >= 15 is 8.78 Å². The normalized spacial score (nSPS) is 31.0. The van der Waals surface area contributed by atoms with E-state index in [2.05, 4.69) is 0 Å². The Balaban J connectivity index is 1.67. The molecule has 1 saturated carbocycles. The van der Waals surface area contributed by atoms with Gasteiger partial charge in [0, 0.05) is 23.7 Å². The minimum atomic E-state index is -3.82. The monoisotopic (exact) mass is 493 g/mol. The third-order valence-corrected chi connectivity index (χ3v) is 9.48. The molecule has 1 aliphatic heterocycles. The van der Waals surface area contributed by atoms with Gasteiger partial charge >= 0.3 is 5.97 Å². The fraction of sp³-hybridized carbons (Fsp3) is 0.480. The highest BCUT2D eigenvalue weighted by atomic mass is 32.2. The summed E-state index contributed by atoms with van der Waals surface area (Å²) in [6.45, 7) is 2.95. The first-order valence-corrected chi connectivity index (χ1v) is 12.8. The van der Waals surface area contributed by atoms with Crippen LogP contribution in [-0.2, 0) is 31.5 Å². The zero-order valence-corrected chi connectivity index (χ0v) is 20.2. The second kappa shape index (κ2) is 8.70. The average molecular weight is 494 g/mol. The van der Waals surface area contributed by atoms with E-state index in [0.717, 1.165) is 19.2 Å². The molecular weight excluding hydrogens is 464 g/mol. The zero-order valence-electron chi connectivity index (χ0n) is 19.4. The van der Waals surface area contributed by atoms with Crippen LogP contribution in [0.15, 0.2) is 42.5 Å². The summed E-state index contributed by atoms with van der Waals surface area (Å²) in [7, 11) is -2.66. The Hall–Kier alpha value is -2.36. The average Bonchev–Trinajstić information content (AvgIpc) is 2.76. The van der Waals surface area contributed by atoms with E-state index in [1.54, 1.807) is 31.2 Å². The molecule has 1 saturated heterocycles. The van der Waals surface area contributed by atoms with Crippen molar-refractivity contribution in [1.29, 1.82) is 0 Å². The molecule has 1 heterocycles. The molecule has 2 aromatic rings. The molecule has 34 heavy (non-hydrogen) atoms. The molecule has 2 atom stereocenters. The molecule has 6 nitrogen and oxygen atoms in total. The Morgan fingerprint density at radius 1 is 1.15 bits per heavy atom. The van der Waals surface area contributed by atoms with Crippen molar-refractivity contribution in [1.82, 2.24) is 4.31 Å². The summed E-state index contributed by atoms with van der Waals surface area (Å²) in [5, 5.41) is 9.44. The number of halogens is 2. The predicted molar refractivity (Wildman–Crippen MR) is 122 cm³/mol. The van der Waals surface area contributed by atoms with E-state index in [9.17, 15) is 18.3 Å². The lowest BCUT2D eigenvalue weighted by atomic mass is 9.56. The molecule has 2 aromatic carbocycles. The molecule has 0 bridgehead atoms. The van der Waals surface area contributed by atoms with E-state index in [-0.39, 0.29) is 36.6 Å². The molecular formula is C25H29F2NO5S. The highest BCUT2D eigenvalue weighted by Crippen LogP contribution is 2.52. The lowest BCUT2D eigenvalue weighted by Gasteiger charge is -2.49. The summed E-state index contributed by atoms with van der Waals surface area (Å²) >= 11 is 0. The number of ether oxygens (including phenoxy) is 1. The van der Waals surface area contributed by atoms with E-state index in [4.69, 9.17) is 4.74 Å². The second-order valence-electron chi connectivity index (χ2n) is 9.76. The first-order chi connectivity index (χ1) is 15.9. The standard InChI is InChI=1S/C25H29F2NO5S/c1-16-9-10-22(17-7-5-4-6-8-17)34(31,32)28(16)13-18-11-21(27)19(12-20(18)26)25(23(29)33-3)14-24(2,30)15-25/h4-8,11-12,16,22,30H,9-10,13-15H2,1-3H3/t16-,22+,24?,25?/m0/s1. The van der Waals surface area contributed by atoms with E-state index in [1.165, 1.54) is 11.2 Å². The van der Waals surface area contributed by atoms with Crippen LogP contribution in [-0.4, -0.2) is 42.6 Å². The van der Waals surface area contributed by atoms with Gasteiger partial charge in [-0.3, -0.25) is 4.79 Å². The van der Waals surface area contributed by atoms with Crippen molar-refractivity contribution >= 4 is 16.0 Å². The molecule has 2 aliphatic rings. The molecule has 1 aliphatic carbocycles. The van der Waals surface area contributed by atoms with E-state index in [0.29, 0.717) is 18.4 Å². The number of carbonyl (C=O) groups is 1. The van der Waals surface area contributed by atoms with Gasteiger partial charge in [-0.25, -0.2) is 17.2 Å². The highest BCUT2D eigenvalue weighted by molar-refractivity contribution is 7.89. The Morgan fingerprint density at radius 2 is 1.79 bits per heavy atom. The van der Waals surface area contributed by atoms with Gasteiger partial charge in [-0.05, 0) is 57.2 Å². The highest BCUT2D eigenvalue weighted by Gasteiger charge is 2.59. The van der Waals surface area contributed by atoms with Gasteiger partial charge in [-0.15, -0.1) is 0 Å². The van der Waals surface area contributed by atoms with Gasteiger partial charge in [-0.1, -0.05) is 30.3 Å². The zero-order chi connectivity index (χ0) is 24.9. The van der Waals surface area contributed by atoms with Crippen molar-refractivity contribution in [3.8, 4) is 0 Å². The predicted octanol–water partition coefficient (Wildman–Crippen LogP) is 3.98. The number of methoxy groups -OCH3 is 1. The Labute approximate surface area is 198 Å². The molecule has 0 spiro atoms. The number of sulfonamides is 1. The number of hydrogen-bond acceptors (Lipinski definition) is 5. The summed E-state index contributed by atoms with van der Waals surface area (Å²) in [4.78, 5) is 12.5. The van der Waals surface area contributed by atoms with Crippen LogP contribution in [0, 0.1) is 11.6 Å². The number of nitrogens with zero attached hydrogens (tertiary/aromatic N) is 1. The molecule has 184 valence electrons. The summed E-state index contributed by atoms with van der Waals surface area (Å²) in [6, 6.07) is 10.4. The number of carbonyl (C=O) groups excluding carboxylic acids is 1. The fourth-order valence-electron chi connectivity index (χ4n) is 5.48. The largest absolute Gasteiger partial charge is 0.468 e. The Morgan fingerprint density at radius 3 is 2.38 bits per heavy atom. The Kier molecular flexibility index (Phi) is 6.33. The molecule has 0 radical (unpaired) electrons. The van der Waals surface area contributed by atoms with Crippen molar-refractivity contribution < 1.29 is 31.8 Å². The lowest BCUT2D eigenvalue weighted by molar-refractivity contribution is -0.166. The van der Waals surface area contributed by atoms with Gasteiger partial charge in [0.05, 0.1) is 12.7 Å². The Bertz CT molecular complexity index is 1190. The molecule has 0 unspecified atom stereocenters. The van der Waals surface area contributed by atoms with E-state index in [1.807, 2.05) is 6.07 Å². The summed E-state index contributed by atoms with van der Waals surface area (Å²) in [5.74, 6) is -2.39. The van der Waals surface area contributed by atoms with Crippen molar-refractivity contribution in [2.75, 3.05) is 7.11 Å². The number of hydrogen-bond donors (Lipinski definition) is 1.